The zero-order chi connectivity index (χ0) is 16.2. The summed E-state index contributed by atoms with van der Waals surface area (Å²) in [6.45, 7) is 0.938. The van der Waals surface area contributed by atoms with Gasteiger partial charge in [-0.3, -0.25) is 0 Å². The standard InChI is InChI=1S/C14H17F3N4O/c1-21(2)9-12-19-20-13(22-12)18-7-6-10-4-3-5-11(8-10)14(15,16)17/h3-5,8H,6-7,9H2,1-2H3,(H,18,20). The molecule has 1 heterocycles. The number of rotatable bonds is 6. The summed E-state index contributed by atoms with van der Waals surface area (Å²) in [7, 11) is 3.76. The van der Waals surface area contributed by atoms with Gasteiger partial charge in [0, 0.05) is 6.54 Å². The summed E-state index contributed by atoms with van der Waals surface area (Å²) in [5.41, 5.74) is -0.0496. The van der Waals surface area contributed by atoms with E-state index >= 15 is 0 Å². The van der Waals surface area contributed by atoms with Gasteiger partial charge in [0.2, 0.25) is 5.89 Å². The summed E-state index contributed by atoms with van der Waals surface area (Å²) < 4.78 is 43.2. The largest absolute Gasteiger partial charge is 0.416 e. The first kappa shape index (κ1) is 16.3. The molecule has 0 radical (unpaired) electrons. The third kappa shape index (κ3) is 4.73. The van der Waals surface area contributed by atoms with Crippen molar-refractivity contribution >= 4 is 6.01 Å². The van der Waals surface area contributed by atoms with Gasteiger partial charge in [-0.25, -0.2) is 0 Å². The Kier molecular flexibility index (Phi) is 5.02. The molecule has 0 saturated heterocycles. The Morgan fingerprint density at radius 1 is 1.23 bits per heavy atom. The molecule has 2 aromatic rings. The molecule has 0 amide bonds. The molecule has 2 rings (SSSR count). The van der Waals surface area contributed by atoms with Gasteiger partial charge in [-0.1, -0.05) is 23.3 Å². The maximum absolute atomic E-state index is 12.6. The average Bonchev–Trinajstić information content (AvgIpc) is 2.85. The van der Waals surface area contributed by atoms with E-state index in [-0.39, 0.29) is 6.01 Å². The van der Waals surface area contributed by atoms with E-state index in [2.05, 4.69) is 15.5 Å². The van der Waals surface area contributed by atoms with E-state index < -0.39 is 11.7 Å². The molecule has 1 aromatic heterocycles. The van der Waals surface area contributed by atoms with Crippen LogP contribution in [0.25, 0.3) is 0 Å². The molecule has 0 aliphatic carbocycles. The molecule has 0 atom stereocenters. The van der Waals surface area contributed by atoms with Crippen molar-refractivity contribution in [2.24, 2.45) is 0 Å². The fraction of sp³-hybridized carbons (Fsp3) is 0.429. The van der Waals surface area contributed by atoms with Crippen LogP contribution in [0, 0.1) is 0 Å². The highest BCUT2D eigenvalue weighted by Crippen LogP contribution is 2.29. The number of nitrogens with one attached hydrogen (secondary N) is 1. The Hall–Kier alpha value is -2.09. The van der Waals surface area contributed by atoms with Crippen LogP contribution >= 0.6 is 0 Å². The number of halogens is 3. The van der Waals surface area contributed by atoms with Crippen LogP contribution in [0.1, 0.15) is 17.0 Å². The van der Waals surface area contributed by atoms with Crippen molar-refractivity contribution in [2.45, 2.75) is 19.1 Å². The summed E-state index contributed by atoms with van der Waals surface area (Å²) in [5, 5.41) is 10.6. The molecule has 1 N–H and O–H groups in total. The molecule has 5 nitrogen and oxygen atoms in total. The number of anilines is 1. The molecule has 0 aliphatic heterocycles. The molecule has 0 saturated carbocycles. The number of benzene rings is 1. The molecular weight excluding hydrogens is 297 g/mol. The summed E-state index contributed by atoms with van der Waals surface area (Å²) in [4.78, 5) is 1.89. The molecule has 120 valence electrons. The lowest BCUT2D eigenvalue weighted by atomic mass is 10.1. The second kappa shape index (κ2) is 6.78. The molecule has 1 aromatic carbocycles. The minimum absolute atomic E-state index is 0.267. The smallest absolute Gasteiger partial charge is 0.407 e. The Morgan fingerprint density at radius 3 is 2.68 bits per heavy atom. The topological polar surface area (TPSA) is 54.2 Å². The van der Waals surface area contributed by atoms with Crippen LogP contribution in [-0.2, 0) is 19.1 Å². The number of hydrogen-bond acceptors (Lipinski definition) is 5. The van der Waals surface area contributed by atoms with E-state index in [9.17, 15) is 13.2 Å². The number of nitrogens with zero attached hydrogens (tertiary/aromatic N) is 3. The molecule has 8 heteroatoms. The molecule has 0 spiro atoms. The van der Waals surface area contributed by atoms with Gasteiger partial charge in [-0.2, -0.15) is 13.2 Å². The van der Waals surface area contributed by atoms with Crippen LogP contribution in [0.15, 0.2) is 28.7 Å². The third-order valence-corrected chi connectivity index (χ3v) is 2.86. The van der Waals surface area contributed by atoms with Gasteiger partial charge in [-0.05, 0) is 32.1 Å². The quantitative estimate of drug-likeness (QED) is 0.888. The van der Waals surface area contributed by atoms with E-state index in [1.807, 2.05) is 19.0 Å². The number of alkyl halides is 3. The minimum Gasteiger partial charge on any atom is -0.407 e. The van der Waals surface area contributed by atoms with Gasteiger partial charge < -0.3 is 14.6 Å². The van der Waals surface area contributed by atoms with Crippen LogP contribution < -0.4 is 5.32 Å². The van der Waals surface area contributed by atoms with Gasteiger partial charge in [0.25, 0.3) is 0 Å². The van der Waals surface area contributed by atoms with Gasteiger partial charge in [0.1, 0.15) is 0 Å². The van der Waals surface area contributed by atoms with E-state index in [0.717, 1.165) is 12.1 Å². The first-order chi connectivity index (χ1) is 10.3. The van der Waals surface area contributed by atoms with E-state index in [4.69, 9.17) is 4.42 Å². The van der Waals surface area contributed by atoms with Crippen LogP contribution in [-0.4, -0.2) is 35.7 Å². The molecular formula is C14H17F3N4O. The second-order valence-corrected chi connectivity index (χ2v) is 5.11. The van der Waals surface area contributed by atoms with Gasteiger partial charge in [0.15, 0.2) is 0 Å². The molecule has 0 aliphatic rings. The minimum atomic E-state index is -4.32. The summed E-state index contributed by atoms with van der Waals surface area (Å²) in [6.07, 6.45) is -3.90. The van der Waals surface area contributed by atoms with Crippen LogP contribution in [0.4, 0.5) is 19.2 Å². The van der Waals surface area contributed by atoms with Crippen LogP contribution in [0.2, 0.25) is 0 Å². The third-order valence-electron chi connectivity index (χ3n) is 2.86. The first-order valence-electron chi connectivity index (χ1n) is 6.72. The molecule has 0 fully saturated rings. The lowest BCUT2D eigenvalue weighted by Gasteiger charge is -2.08. The SMILES string of the molecule is CN(C)Cc1nnc(NCCc2cccc(C(F)(F)F)c2)o1. The monoisotopic (exact) mass is 314 g/mol. The lowest BCUT2D eigenvalue weighted by Crippen LogP contribution is -2.10. The molecule has 0 unspecified atom stereocenters. The summed E-state index contributed by atoms with van der Waals surface area (Å²) >= 11 is 0. The van der Waals surface area contributed by atoms with E-state index in [1.54, 1.807) is 6.07 Å². The Bertz CT molecular complexity index is 610. The fourth-order valence-electron chi connectivity index (χ4n) is 1.88. The van der Waals surface area contributed by atoms with Crippen molar-refractivity contribution in [3.8, 4) is 0 Å². The molecule has 0 bridgehead atoms. The normalized spacial score (nSPS) is 11.9. The van der Waals surface area contributed by atoms with Crippen molar-refractivity contribution in [1.29, 1.82) is 0 Å². The maximum Gasteiger partial charge on any atom is 0.416 e. The second-order valence-electron chi connectivity index (χ2n) is 5.11. The summed E-state index contributed by atoms with van der Waals surface area (Å²) in [6, 6.07) is 5.53. The van der Waals surface area contributed by atoms with Crippen molar-refractivity contribution in [3.63, 3.8) is 0 Å². The summed E-state index contributed by atoms with van der Waals surface area (Å²) in [5.74, 6) is 0.478. The Morgan fingerprint density at radius 2 is 2.00 bits per heavy atom. The maximum atomic E-state index is 12.6. The van der Waals surface area contributed by atoms with Crippen molar-refractivity contribution in [2.75, 3.05) is 26.0 Å². The first-order valence-corrected chi connectivity index (χ1v) is 6.72. The van der Waals surface area contributed by atoms with E-state index in [0.29, 0.717) is 31.0 Å². The highest BCUT2D eigenvalue weighted by Gasteiger charge is 2.30. The highest BCUT2D eigenvalue weighted by atomic mass is 19.4. The Labute approximate surface area is 126 Å². The zero-order valence-corrected chi connectivity index (χ0v) is 12.3. The fourth-order valence-corrected chi connectivity index (χ4v) is 1.88. The van der Waals surface area contributed by atoms with Gasteiger partial charge in [0.05, 0.1) is 12.1 Å². The highest BCUT2D eigenvalue weighted by molar-refractivity contribution is 5.27. The average molecular weight is 314 g/mol. The van der Waals surface area contributed by atoms with Crippen molar-refractivity contribution in [3.05, 3.63) is 41.3 Å². The van der Waals surface area contributed by atoms with E-state index in [1.165, 1.54) is 6.07 Å². The zero-order valence-electron chi connectivity index (χ0n) is 12.3. The predicted octanol–water partition coefficient (Wildman–Crippen LogP) is 2.80. The van der Waals surface area contributed by atoms with Gasteiger partial charge >= 0.3 is 12.2 Å². The molecule has 22 heavy (non-hydrogen) atoms. The van der Waals surface area contributed by atoms with Gasteiger partial charge in [-0.15, -0.1) is 5.10 Å². The number of aromatic nitrogens is 2. The van der Waals surface area contributed by atoms with Crippen molar-refractivity contribution in [1.82, 2.24) is 15.1 Å². The van der Waals surface area contributed by atoms with Crippen LogP contribution in [0.3, 0.4) is 0 Å². The van der Waals surface area contributed by atoms with Crippen LogP contribution in [0.5, 0.6) is 0 Å². The number of hydrogen-bond donors (Lipinski definition) is 1. The predicted molar refractivity (Wildman–Crippen MR) is 75.3 cm³/mol. The van der Waals surface area contributed by atoms with Crippen molar-refractivity contribution < 1.29 is 17.6 Å². The Balaban J connectivity index is 1.87. The lowest BCUT2D eigenvalue weighted by molar-refractivity contribution is -0.137.